The van der Waals surface area contributed by atoms with Crippen LogP contribution in [0.5, 0.6) is 0 Å². The van der Waals surface area contributed by atoms with E-state index in [2.05, 4.69) is 10.6 Å². The first-order chi connectivity index (χ1) is 9.19. The van der Waals surface area contributed by atoms with Crippen LogP contribution in [0.15, 0.2) is 42.7 Å². The van der Waals surface area contributed by atoms with Gasteiger partial charge in [-0.3, -0.25) is 4.79 Å². The third kappa shape index (κ3) is 3.66. The molecule has 19 heavy (non-hydrogen) atoms. The van der Waals surface area contributed by atoms with Crippen LogP contribution in [0, 0.1) is 5.82 Å². The molecule has 2 aromatic rings. The predicted octanol–water partition coefficient (Wildman–Crippen LogP) is 1.99. The summed E-state index contributed by atoms with van der Waals surface area (Å²) in [5, 5.41) is 5.58. The van der Waals surface area contributed by atoms with E-state index >= 15 is 0 Å². The number of carbonyl (C=O) groups is 1. The van der Waals surface area contributed by atoms with Gasteiger partial charge in [-0.2, -0.15) is 0 Å². The van der Waals surface area contributed by atoms with Crippen LogP contribution in [0.4, 0.5) is 10.1 Å². The van der Waals surface area contributed by atoms with Gasteiger partial charge in [-0.05, 0) is 30.8 Å². The number of aromatic nitrogens is 1. The second kappa shape index (κ2) is 6.15. The van der Waals surface area contributed by atoms with E-state index in [1.165, 1.54) is 12.1 Å². The van der Waals surface area contributed by atoms with Crippen LogP contribution in [-0.4, -0.2) is 17.5 Å². The Morgan fingerprint density at radius 3 is 2.84 bits per heavy atom. The van der Waals surface area contributed by atoms with E-state index in [0.717, 1.165) is 12.1 Å². The molecule has 1 heterocycles. The number of rotatable bonds is 5. The summed E-state index contributed by atoms with van der Waals surface area (Å²) >= 11 is 0. The lowest BCUT2D eigenvalue weighted by Crippen LogP contribution is -2.18. The summed E-state index contributed by atoms with van der Waals surface area (Å²) in [6.45, 7) is 0.917. The fourth-order valence-electron chi connectivity index (χ4n) is 1.82. The van der Waals surface area contributed by atoms with Gasteiger partial charge in [0.25, 0.3) is 0 Å². The van der Waals surface area contributed by atoms with Crippen molar-refractivity contribution < 1.29 is 9.18 Å². The number of carbonyl (C=O) groups excluding carboxylic acids is 1. The van der Waals surface area contributed by atoms with Crippen molar-refractivity contribution in [1.29, 1.82) is 0 Å². The molecule has 0 saturated heterocycles. The molecule has 100 valence electrons. The van der Waals surface area contributed by atoms with Crippen molar-refractivity contribution in [2.24, 2.45) is 0 Å². The van der Waals surface area contributed by atoms with Crippen molar-refractivity contribution in [2.45, 2.75) is 13.1 Å². The lowest BCUT2D eigenvalue weighted by atomic mass is 10.3. The number of amides is 1. The predicted molar refractivity (Wildman–Crippen MR) is 72.2 cm³/mol. The standard InChI is InChI=1S/C14H16FN3O/c1-16-8-11-6-7-18(9-11)10-14(19)17-13-5-3-2-4-12(13)15/h2-7,9,16H,8,10H2,1H3,(H,17,19). The summed E-state index contributed by atoms with van der Waals surface area (Å²) in [6, 6.07) is 8.05. The molecule has 0 radical (unpaired) electrons. The largest absolute Gasteiger partial charge is 0.345 e. The van der Waals surface area contributed by atoms with Crippen molar-refractivity contribution in [3.63, 3.8) is 0 Å². The lowest BCUT2D eigenvalue weighted by Gasteiger charge is -2.06. The van der Waals surface area contributed by atoms with Crippen molar-refractivity contribution >= 4 is 11.6 Å². The molecule has 0 saturated carbocycles. The van der Waals surface area contributed by atoms with Gasteiger partial charge in [0, 0.05) is 18.9 Å². The first kappa shape index (κ1) is 13.3. The Labute approximate surface area is 111 Å². The van der Waals surface area contributed by atoms with Crippen molar-refractivity contribution in [3.05, 3.63) is 54.1 Å². The average Bonchev–Trinajstić information content (AvgIpc) is 2.80. The fourth-order valence-corrected chi connectivity index (χ4v) is 1.82. The quantitative estimate of drug-likeness (QED) is 0.864. The maximum atomic E-state index is 13.4. The first-order valence-electron chi connectivity index (χ1n) is 6.02. The molecule has 1 amide bonds. The van der Waals surface area contributed by atoms with Crippen LogP contribution in [-0.2, 0) is 17.9 Å². The Kier molecular flexibility index (Phi) is 4.30. The molecule has 0 bridgehead atoms. The van der Waals surface area contributed by atoms with Crippen LogP contribution in [0.2, 0.25) is 0 Å². The van der Waals surface area contributed by atoms with E-state index in [9.17, 15) is 9.18 Å². The summed E-state index contributed by atoms with van der Waals surface area (Å²) < 4.78 is 15.1. The van der Waals surface area contributed by atoms with Crippen LogP contribution in [0.1, 0.15) is 5.56 Å². The van der Waals surface area contributed by atoms with Gasteiger partial charge in [0.15, 0.2) is 0 Å². The molecule has 4 nitrogen and oxygen atoms in total. The van der Waals surface area contributed by atoms with Crippen LogP contribution in [0.3, 0.4) is 0 Å². The Morgan fingerprint density at radius 2 is 2.11 bits per heavy atom. The first-order valence-corrected chi connectivity index (χ1v) is 6.02. The zero-order chi connectivity index (χ0) is 13.7. The van der Waals surface area contributed by atoms with Gasteiger partial charge in [0.1, 0.15) is 12.4 Å². The molecule has 2 rings (SSSR count). The highest BCUT2D eigenvalue weighted by molar-refractivity contribution is 5.90. The summed E-state index contributed by atoms with van der Waals surface area (Å²) in [5.41, 5.74) is 1.30. The number of hydrogen-bond donors (Lipinski definition) is 2. The number of benzene rings is 1. The molecule has 1 aromatic heterocycles. The smallest absolute Gasteiger partial charge is 0.244 e. The molecule has 0 aliphatic rings. The Bertz CT molecular complexity index is 565. The number of hydrogen-bond acceptors (Lipinski definition) is 2. The lowest BCUT2D eigenvalue weighted by molar-refractivity contribution is -0.116. The van der Waals surface area contributed by atoms with Crippen molar-refractivity contribution in [1.82, 2.24) is 9.88 Å². The van der Waals surface area contributed by atoms with Crippen LogP contribution in [0.25, 0.3) is 0 Å². The van der Waals surface area contributed by atoms with Gasteiger partial charge >= 0.3 is 0 Å². The minimum Gasteiger partial charge on any atom is -0.345 e. The van der Waals surface area contributed by atoms with E-state index in [-0.39, 0.29) is 18.1 Å². The van der Waals surface area contributed by atoms with Gasteiger partial charge in [0.2, 0.25) is 5.91 Å². The summed E-state index contributed by atoms with van der Waals surface area (Å²) in [5.74, 6) is -0.684. The zero-order valence-corrected chi connectivity index (χ0v) is 10.7. The van der Waals surface area contributed by atoms with E-state index < -0.39 is 5.82 Å². The van der Waals surface area contributed by atoms with Gasteiger partial charge < -0.3 is 15.2 Å². The molecule has 0 atom stereocenters. The van der Waals surface area contributed by atoms with E-state index in [4.69, 9.17) is 0 Å². The topological polar surface area (TPSA) is 46.1 Å². The second-order valence-electron chi connectivity index (χ2n) is 4.25. The molecule has 0 fully saturated rings. The number of anilines is 1. The van der Waals surface area contributed by atoms with Gasteiger partial charge in [-0.25, -0.2) is 4.39 Å². The Hall–Kier alpha value is -2.14. The number of nitrogens with one attached hydrogen (secondary N) is 2. The molecule has 2 N–H and O–H groups in total. The van der Waals surface area contributed by atoms with Crippen molar-refractivity contribution in [2.75, 3.05) is 12.4 Å². The highest BCUT2D eigenvalue weighted by Crippen LogP contribution is 2.12. The van der Waals surface area contributed by atoms with E-state index in [0.29, 0.717) is 0 Å². The Balaban J connectivity index is 1.95. The van der Waals surface area contributed by atoms with Crippen LogP contribution >= 0.6 is 0 Å². The number of halogens is 1. The molecule has 1 aromatic carbocycles. The average molecular weight is 261 g/mol. The second-order valence-corrected chi connectivity index (χ2v) is 4.25. The summed E-state index contributed by atoms with van der Waals surface area (Å²) in [4.78, 5) is 11.8. The van der Waals surface area contributed by atoms with E-state index in [1.807, 2.05) is 25.5 Å². The third-order valence-corrected chi connectivity index (χ3v) is 2.67. The van der Waals surface area contributed by atoms with Crippen LogP contribution < -0.4 is 10.6 Å². The maximum Gasteiger partial charge on any atom is 0.244 e. The molecule has 0 aliphatic carbocycles. The van der Waals surface area contributed by atoms with Gasteiger partial charge in [-0.15, -0.1) is 0 Å². The molecule has 5 heteroatoms. The minimum absolute atomic E-state index is 0.165. The highest BCUT2D eigenvalue weighted by atomic mass is 19.1. The zero-order valence-electron chi connectivity index (χ0n) is 10.7. The van der Waals surface area contributed by atoms with Gasteiger partial charge in [0.05, 0.1) is 5.69 Å². The maximum absolute atomic E-state index is 13.4. The van der Waals surface area contributed by atoms with Crippen molar-refractivity contribution in [3.8, 4) is 0 Å². The minimum atomic E-state index is -0.431. The SMILES string of the molecule is CNCc1ccn(CC(=O)Nc2ccccc2F)c1. The Morgan fingerprint density at radius 1 is 1.32 bits per heavy atom. The molecular weight excluding hydrogens is 245 g/mol. The monoisotopic (exact) mass is 261 g/mol. The summed E-state index contributed by atoms with van der Waals surface area (Å²) in [7, 11) is 1.86. The summed E-state index contributed by atoms with van der Waals surface area (Å²) in [6.07, 6.45) is 3.71. The molecular formula is C14H16FN3O. The fraction of sp³-hybridized carbons (Fsp3) is 0.214. The molecule has 0 unspecified atom stereocenters. The number of para-hydroxylation sites is 1. The number of nitrogens with zero attached hydrogens (tertiary/aromatic N) is 1. The third-order valence-electron chi connectivity index (χ3n) is 2.67. The highest BCUT2D eigenvalue weighted by Gasteiger charge is 2.07. The molecule has 0 spiro atoms. The normalized spacial score (nSPS) is 10.4. The molecule has 0 aliphatic heterocycles. The van der Waals surface area contributed by atoms with Gasteiger partial charge in [-0.1, -0.05) is 12.1 Å². The van der Waals surface area contributed by atoms with E-state index in [1.54, 1.807) is 16.7 Å².